The molecule has 1 amide bonds. The minimum atomic E-state index is 0.0976. The quantitative estimate of drug-likeness (QED) is 0.582. The average molecular weight is 270 g/mol. The monoisotopic (exact) mass is 269 g/mol. The molecular weight excluding hydrogens is 250 g/mol. The summed E-state index contributed by atoms with van der Waals surface area (Å²) in [6.07, 6.45) is 3.16. The third kappa shape index (κ3) is 5.92. The fraction of sp³-hybridized carbons (Fsp3) is 0.500. The van der Waals surface area contributed by atoms with Crippen molar-refractivity contribution < 1.29 is 9.53 Å². The van der Waals surface area contributed by atoms with Crippen LogP contribution in [0.5, 0.6) is 5.75 Å². The number of unbranched alkanes of at least 4 members (excludes halogenated alkanes) is 1. The van der Waals surface area contributed by atoms with E-state index in [0.29, 0.717) is 18.8 Å². The van der Waals surface area contributed by atoms with Gasteiger partial charge in [0.25, 0.3) is 0 Å². The number of rotatable bonds is 8. The number of hydrogen-bond donors (Lipinski definition) is 1. The van der Waals surface area contributed by atoms with Crippen molar-refractivity contribution in [2.24, 2.45) is 0 Å². The van der Waals surface area contributed by atoms with Gasteiger partial charge in [0.15, 0.2) is 0 Å². The lowest BCUT2D eigenvalue weighted by Crippen LogP contribution is -2.24. The molecule has 0 spiro atoms. The summed E-state index contributed by atoms with van der Waals surface area (Å²) in [6.45, 7) is 0.716. The van der Waals surface area contributed by atoms with Gasteiger partial charge >= 0.3 is 0 Å². The number of alkyl halides is 1. The largest absolute Gasteiger partial charge is 0.497 e. The highest BCUT2D eigenvalue weighted by Gasteiger charge is 2.01. The SMILES string of the molecule is COc1ccc(CCC(=O)NCCCCCl)cc1. The molecule has 0 radical (unpaired) electrons. The van der Waals surface area contributed by atoms with Crippen molar-refractivity contribution >= 4 is 17.5 Å². The highest BCUT2D eigenvalue weighted by molar-refractivity contribution is 6.17. The first-order chi connectivity index (χ1) is 8.76. The van der Waals surface area contributed by atoms with Gasteiger partial charge in [-0.15, -0.1) is 11.6 Å². The van der Waals surface area contributed by atoms with Gasteiger partial charge in [-0.25, -0.2) is 0 Å². The van der Waals surface area contributed by atoms with Crippen molar-refractivity contribution in [1.82, 2.24) is 5.32 Å². The zero-order chi connectivity index (χ0) is 13.2. The number of benzene rings is 1. The first kappa shape index (κ1) is 14.8. The van der Waals surface area contributed by atoms with Crippen molar-refractivity contribution in [3.63, 3.8) is 0 Å². The van der Waals surface area contributed by atoms with E-state index in [1.807, 2.05) is 24.3 Å². The van der Waals surface area contributed by atoms with Crippen LogP contribution >= 0.6 is 11.6 Å². The molecule has 1 rings (SSSR count). The smallest absolute Gasteiger partial charge is 0.220 e. The summed E-state index contributed by atoms with van der Waals surface area (Å²) >= 11 is 5.56. The first-order valence-corrected chi connectivity index (χ1v) is 6.75. The van der Waals surface area contributed by atoms with Crippen LogP contribution in [0.3, 0.4) is 0 Å². The van der Waals surface area contributed by atoms with Crippen molar-refractivity contribution in [3.05, 3.63) is 29.8 Å². The second-order valence-electron chi connectivity index (χ2n) is 4.09. The van der Waals surface area contributed by atoms with Crippen molar-refractivity contribution in [1.29, 1.82) is 0 Å². The number of hydrogen-bond acceptors (Lipinski definition) is 2. The van der Waals surface area contributed by atoms with Crippen LogP contribution < -0.4 is 10.1 Å². The Hall–Kier alpha value is -1.22. The molecule has 0 atom stereocenters. The summed E-state index contributed by atoms with van der Waals surface area (Å²) in [6, 6.07) is 7.79. The highest BCUT2D eigenvalue weighted by atomic mass is 35.5. The van der Waals surface area contributed by atoms with E-state index in [1.54, 1.807) is 7.11 Å². The molecule has 0 unspecified atom stereocenters. The Labute approximate surface area is 113 Å². The number of halogens is 1. The predicted molar refractivity (Wildman–Crippen MR) is 74.3 cm³/mol. The third-order valence-electron chi connectivity index (χ3n) is 2.68. The maximum atomic E-state index is 11.5. The highest BCUT2D eigenvalue weighted by Crippen LogP contribution is 2.12. The number of nitrogens with one attached hydrogen (secondary N) is 1. The molecule has 1 N–H and O–H groups in total. The summed E-state index contributed by atoms with van der Waals surface area (Å²) in [5.41, 5.74) is 1.15. The number of carbonyl (C=O) groups is 1. The lowest BCUT2D eigenvalue weighted by molar-refractivity contribution is -0.121. The minimum absolute atomic E-state index is 0.0976. The van der Waals surface area contributed by atoms with E-state index in [0.717, 1.165) is 30.6 Å². The number of amides is 1. The summed E-state index contributed by atoms with van der Waals surface area (Å²) < 4.78 is 5.08. The molecule has 0 fully saturated rings. The van der Waals surface area contributed by atoms with Crippen LogP contribution in [0.2, 0.25) is 0 Å². The molecule has 0 saturated carbocycles. The third-order valence-corrected chi connectivity index (χ3v) is 2.95. The topological polar surface area (TPSA) is 38.3 Å². The normalized spacial score (nSPS) is 10.1. The molecule has 3 nitrogen and oxygen atoms in total. The van der Waals surface area contributed by atoms with Crippen LogP contribution in [0.25, 0.3) is 0 Å². The lowest BCUT2D eigenvalue weighted by atomic mass is 10.1. The molecule has 0 aliphatic rings. The van der Waals surface area contributed by atoms with Crippen LogP contribution in [0.1, 0.15) is 24.8 Å². The summed E-state index contributed by atoms with van der Waals surface area (Å²) in [5.74, 6) is 1.59. The Balaban J connectivity index is 2.20. The molecule has 0 aliphatic heterocycles. The number of aryl methyl sites for hydroxylation is 1. The van der Waals surface area contributed by atoms with E-state index in [-0.39, 0.29) is 5.91 Å². The Morgan fingerprint density at radius 1 is 1.28 bits per heavy atom. The zero-order valence-electron chi connectivity index (χ0n) is 10.7. The Morgan fingerprint density at radius 2 is 2.00 bits per heavy atom. The fourth-order valence-corrected chi connectivity index (χ4v) is 1.77. The molecule has 18 heavy (non-hydrogen) atoms. The zero-order valence-corrected chi connectivity index (χ0v) is 11.5. The van der Waals surface area contributed by atoms with Gasteiger partial charge in [0.2, 0.25) is 5.91 Å². The molecular formula is C14H20ClNO2. The van der Waals surface area contributed by atoms with E-state index in [1.165, 1.54) is 0 Å². The molecule has 100 valence electrons. The molecule has 0 aliphatic carbocycles. The van der Waals surface area contributed by atoms with Crippen molar-refractivity contribution in [2.75, 3.05) is 19.5 Å². The summed E-state index contributed by atoms with van der Waals surface area (Å²) in [7, 11) is 1.64. The second kappa shape index (κ2) is 8.81. The Kier molecular flexibility index (Phi) is 7.26. The van der Waals surface area contributed by atoms with Crippen LogP contribution in [-0.2, 0) is 11.2 Å². The number of carbonyl (C=O) groups excluding carboxylic acids is 1. The number of methoxy groups -OCH3 is 1. The first-order valence-electron chi connectivity index (χ1n) is 6.22. The lowest BCUT2D eigenvalue weighted by Gasteiger charge is -2.05. The predicted octanol–water partition coefficient (Wildman–Crippen LogP) is 2.76. The van der Waals surface area contributed by atoms with Crippen molar-refractivity contribution in [2.45, 2.75) is 25.7 Å². The van der Waals surface area contributed by atoms with Crippen molar-refractivity contribution in [3.8, 4) is 5.75 Å². The Morgan fingerprint density at radius 3 is 2.61 bits per heavy atom. The summed E-state index contributed by atoms with van der Waals surface area (Å²) in [4.78, 5) is 11.5. The molecule has 0 bridgehead atoms. The fourth-order valence-electron chi connectivity index (χ4n) is 1.59. The molecule has 1 aromatic rings. The van der Waals surface area contributed by atoms with E-state index in [9.17, 15) is 4.79 Å². The Bertz CT molecular complexity index is 351. The van der Waals surface area contributed by atoms with E-state index >= 15 is 0 Å². The standard InChI is InChI=1S/C14H20ClNO2/c1-18-13-7-4-12(5-8-13)6-9-14(17)16-11-3-2-10-15/h4-5,7-8H,2-3,6,9-11H2,1H3,(H,16,17). The maximum Gasteiger partial charge on any atom is 0.220 e. The van der Waals surface area contributed by atoms with E-state index in [2.05, 4.69) is 5.32 Å². The molecule has 4 heteroatoms. The van der Waals surface area contributed by atoms with Gasteiger partial charge in [-0.2, -0.15) is 0 Å². The summed E-state index contributed by atoms with van der Waals surface area (Å²) in [5, 5.41) is 2.89. The van der Waals surface area contributed by atoms with Gasteiger partial charge in [0.1, 0.15) is 5.75 Å². The minimum Gasteiger partial charge on any atom is -0.497 e. The van der Waals surface area contributed by atoms with Crippen LogP contribution in [0, 0.1) is 0 Å². The molecule has 1 aromatic carbocycles. The van der Waals surface area contributed by atoms with Crippen LogP contribution in [-0.4, -0.2) is 25.4 Å². The van der Waals surface area contributed by atoms with Gasteiger partial charge in [0.05, 0.1) is 7.11 Å². The van der Waals surface area contributed by atoms with Gasteiger partial charge in [-0.1, -0.05) is 12.1 Å². The van der Waals surface area contributed by atoms with Gasteiger partial charge in [-0.05, 0) is 37.0 Å². The van der Waals surface area contributed by atoms with Crippen LogP contribution in [0.4, 0.5) is 0 Å². The van der Waals surface area contributed by atoms with Crippen LogP contribution in [0.15, 0.2) is 24.3 Å². The average Bonchev–Trinajstić information content (AvgIpc) is 2.42. The number of ether oxygens (including phenoxy) is 1. The molecule has 0 saturated heterocycles. The maximum absolute atomic E-state index is 11.5. The molecule has 0 heterocycles. The van der Waals surface area contributed by atoms with Gasteiger partial charge in [0, 0.05) is 18.8 Å². The van der Waals surface area contributed by atoms with E-state index in [4.69, 9.17) is 16.3 Å². The molecule has 0 aromatic heterocycles. The van der Waals surface area contributed by atoms with Gasteiger partial charge < -0.3 is 10.1 Å². The second-order valence-corrected chi connectivity index (χ2v) is 4.47. The van der Waals surface area contributed by atoms with Gasteiger partial charge in [-0.3, -0.25) is 4.79 Å². The van der Waals surface area contributed by atoms with E-state index < -0.39 is 0 Å².